The summed E-state index contributed by atoms with van der Waals surface area (Å²) in [6, 6.07) is 3.85. The highest BCUT2D eigenvalue weighted by Gasteiger charge is 2.42. The Labute approximate surface area is 90.3 Å². The van der Waals surface area contributed by atoms with Crippen LogP contribution in [0, 0.1) is 17.8 Å². The van der Waals surface area contributed by atoms with Crippen LogP contribution in [0.15, 0.2) is 22.8 Å². The molecule has 0 aromatic carbocycles. The van der Waals surface area contributed by atoms with Crippen LogP contribution in [0.1, 0.15) is 31.4 Å². The van der Waals surface area contributed by atoms with Gasteiger partial charge in [0.1, 0.15) is 5.76 Å². The van der Waals surface area contributed by atoms with E-state index >= 15 is 0 Å². The number of rotatable bonds is 3. The van der Waals surface area contributed by atoms with E-state index in [1.165, 1.54) is 25.7 Å². The SMILES string of the molecule is OC(Cc1ccco1)C1CC2CCC1C2. The molecule has 1 heterocycles. The number of aliphatic hydroxyl groups excluding tert-OH is 1. The van der Waals surface area contributed by atoms with Crippen molar-refractivity contribution in [3.8, 4) is 0 Å². The highest BCUT2D eigenvalue weighted by molar-refractivity contribution is 5.02. The van der Waals surface area contributed by atoms with E-state index in [0.717, 1.165) is 17.6 Å². The van der Waals surface area contributed by atoms with Crippen molar-refractivity contribution < 1.29 is 9.52 Å². The molecule has 0 aliphatic heterocycles. The van der Waals surface area contributed by atoms with Gasteiger partial charge in [-0.15, -0.1) is 0 Å². The Hall–Kier alpha value is -0.760. The normalized spacial score (nSPS) is 35.9. The minimum atomic E-state index is -0.188. The molecule has 2 aliphatic carbocycles. The van der Waals surface area contributed by atoms with Gasteiger partial charge in [0.2, 0.25) is 0 Å². The van der Waals surface area contributed by atoms with Crippen LogP contribution in [-0.4, -0.2) is 11.2 Å². The number of hydrogen-bond donors (Lipinski definition) is 1. The Kier molecular flexibility index (Phi) is 2.32. The fourth-order valence-corrected chi connectivity index (χ4v) is 3.55. The Bertz CT molecular complexity index is 317. The Balaban J connectivity index is 1.63. The molecule has 2 bridgehead atoms. The number of aliphatic hydroxyl groups is 1. The van der Waals surface area contributed by atoms with E-state index in [0.29, 0.717) is 12.3 Å². The average Bonchev–Trinajstić information content (AvgIpc) is 2.93. The second-order valence-electron chi connectivity index (χ2n) is 5.19. The molecule has 3 rings (SSSR count). The third-order valence-corrected chi connectivity index (χ3v) is 4.28. The predicted molar refractivity (Wildman–Crippen MR) is 57.4 cm³/mol. The molecule has 2 heteroatoms. The molecule has 2 fully saturated rings. The summed E-state index contributed by atoms with van der Waals surface area (Å²) in [7, 11) is 0. The molecule has 1 N–H and O–H groups in total. The molecule has 1 aromatic rings. The van der Waals surface area contributed by atoms with Gasteiger partial charge in [-0.3, -0.25) is 0 Å². The summed E-state index contributed by atoms with van der Waals surface area (Å²) in [4.78, 5) is 0. The maximum Gasteiger partial charge on any atom is 0.106 e. The quantitative estimate of drug-likeness (QED) is 0.824. The highest BCUT2D eigenvalue weighted by atomic mass is 16.3. The van der Waals surface area contributed by atoms with Crippen LogP contribution in [-0.2, 0) is 6.42 Å². The largest absolute Gasteiger partial charge is 0.469 e. The van der Waals surface area contributed by atoms with Crippen LogP contribution < -0.4 is 0 Å². The van der Waals surface area contributed by atoms with Gasteiger partial charge >= 0.3 is 0 Å². The van der Waals surface area contributed by atoms with Crippen molar-refractivity contribution in [1.29, 1.82) is 0 Å². The van der Waals surface area contributed by atoms with Crippen molar-refractivity contribution >= 4 is 0 Å². The molecule has 15 heavy (non-hydrogen) atoms. The molecule has 0 radical (unpaired) electrons. The Morgan fingerprint density at radius 1 is 1.40 bits per heavy atom. The van der Waals surface area contributed by atoms with Crippen LogP contribution in [0.5, 0.6) is 0 Å². The fraction of sp³-hybridized carbons (Fsp3) is 0.692. The molecular weight excluding hydrogens is 188 g/mol. The van der Waals surface area contributed by atoms with Crippen molar-refractivity contribution in [3.05, 3.63) is 24.2 Å². The summed E-state index contributed by atoms with van der Waals surface area (Å²) < 4.78 is 5.28. The van der Waals surface area contributed by atoms with Gasteiger partial charge in [0.15, 0.2) is 0 Å². The minimum Gasteiger partial charge on any atom is -0.469 e. The van der Waals surface area contributed by atoms with Gasteiger partial charge in [-0.2, -0.15) is 0 Å². The second-order valence-corrected chi connectivity index (χ2v) is 5.19. The zero-order valence-corrected chi connectivity index (χ0v) is 8.93. The van der Waals surface area contributed by atoms with Gasteiger partial charge < -0.3 is 9.52 Å². The molecule has 4 unspecified atom stereocenters. The monoisotopic (exact) mass is 206 g/mol. The molecule has 2 nitrogen and oxygen atoms in total. The lowest BCUT2D eigenvalue weighted by atomic mass is 9.83. The molecule has 82 valence electrons. The van der Waals surface area contributed by atoms with Crippen LogP contribution in [0.3, 0.4) is 0 Å². The third kappa shape index (κ3) is 1.71. The van der Waals surface area contributed by atoms with Gasteiger partial charge in [0.05, 0.1) is 12.4 Å². The first-order valence-electron chi connectivity index (χ1n) is 6.03. The van der Waals surface area contributed by atoms with Crippen LogP contribution in [0.2, 0.25) is 0 Å². The molecule has 2 aliphatic rings. The number of furan rings is 1. The number of hydrogen-bond acceptors (Lipinski definition) is 2. The first-order chi connectivity index (χ1) is 7.33. The van der Waals surface area contributed by atoms with Gasteiger partial charge in [-0.05, 0) is 49.1 Å². The van der Waals surface area contributed by atoms with E-state index in [2.05, 4.69) is 0 Å². The first kappa shape index (κ1) is 9.46. The van der Waals surface area contributed by atoms with Gasteiger partial charge in [0.25, 0.3) is 0 Å². The molecule has 0 saturated heterocycles. The summed E-state index contributed by atoms with van der Waals surface area (Å²) in [6.45, 7) is 0. The van der Waals surface area contributed by atoms with Crippen molar-refractivity contribution in [2.24, 2.45) is 17.8 Å². The van der Waals surface area contributed by atoms with Gasteiger partial charge in [0, 0.05) is 6.42 Å². The van der Waals surface area contributed by atoms with Crippen molar-refractivity contribution in [2.45, 2.75) is 38.2 Å². The standard InChI is InChI=1S/C13H18O2/c14-13(8-11-2-1-5-15-11)12-7-9-3-4-10(12)6-9/h1-2,5,9-10,12-14H,3-4,6-8H2. The molecular formula is C13H18O2. The van der Waals surface area contributed by atoms with Crippen LogP contribution in [0.4, 0.5) is 0 Å². The lowest BCUT2D eigenvalue weighted by molar-refractivity contribution is 0.0707. The smallest absolute Gasteiger partial charge is 0.106 e. The third-order valence-electron chi connectivity index (χ3n) is 4.28. The summed E-state index contributed by atoms with van der Waals surface area (Å²) >= 11 is 0. The predicted octanol–water partition coefficient (Wildman–Crippen LogP) is 2.62. The lowest BCUT2D eigenvalue weighted by Crippen LogP contribution is -2.27. The van der Waals surface area contributed by atoms with Crippen molar-refractivity contribution in [1.82, 2.24) is 0 Å². The maximum atomic E-state index is 10.2. The summed E-state index contributed by atoms with van der Waals surface area (Å²) in [5.41, 5.74) is 0. The van der Waals surface area contributed by atoms with Gasteiger partial charge in [-0.25, -0.2) is 0 Å². The minimum absolute atomic E-state index is 0.188. The molecule has 1 aromatic heterocycles. The zero-order chi connectivity index (χ0) is 10.3. The van der Waals surface area contributed by atoms with Gasteiger partial charge in [-0.1, -0.05) is 6.42 Å². The van der Waals surface area contributed by atoms with E-state index in [-0.39, 0.29) is 6.10 Å². The Morgan fingerprint density at radius 2 is 2.33 bits per heavy atom. The van der Waals surface area contributed by atoms with Crippen LogP contribution in [0.25, 0.3) is 0 Å². The van der Waals surface area contributed by atoms with E-state index in [1.54, 1.807) is 6.26 Å². The van der Waals surface area contributed by atoms with Crippen molar-refractivity contribution in [3.63, 3.8) is 0 Å². The van der Waals surface area contributed by atoms with Crippen LogP contribution >= 0.6 is 0 Å². The van der Waals surface area contributed by atoms with E-state index in [1.807, 2.05) is 12.1 Å². The second kappa shape index (κ2) is 3.67. The zero-order valence-electron chi connectivity index (χ0n) is 8.93. The summed E-state index contributed by atoms with van der Waals surface area (Å²) in [5, 5.41) is 10.2. The van der Waals surface area contributed by atoms with Crippen molar-refractivity contribution in [2.75, 3.05) is 0 Å². The first-order valence-corrected chi connectivity index (χ1v) is 6.03. The molecule has 4 atom stereocenters. The molecule has 2 saturated carbocycles. The summed E-state index contributed by atoms with van der Waals surface area (Å²) in [5.74, 6) is 3.16. The number of fused-ring (bicyclic) bond motifs is 2. The van der Waals surface area contributed by atoms with E-state index < -0.39 is 0 Å². The topological polar surface area (TPSA) is 33.4 Å². The summed E-state index contributed by atoms with van der Waals surface area (Å²) in [6.07, 6.45) is 7.53. The molecule has 0 spiro atoms. The Morgan fingerprint density at radius 3 is 2.93 bits per heavy atom. The highest BCUT2D eigenvalue weighted by Crippen LogP contribution is 2.49. The lowest BCUT2D eigenvalue weighted by Gasteiger charge is -2.26. The maximum absolute atomic E-state index is 10.2. The average molecular weight is 206 g/mol. The fourth-order valence-electron chi connectivity index (χ4n) is 3.55. The molecule has 0 amide bonds. The van der Waals surface area contributed by atoms with E-state index in [4.69, 9.17) is 4.42 Å². The van der Waals surface area contributed by atoms with E-state index in [9.17, 15) is 5.11 Å².